The van der Waals surface area contributed by atoms with Crippen molar-refractivity contribution in [1.82, 2.24) is 9.78 Å². The summed E-state index contributed by atoms with van der Waals surface area (Å²) in [6.45, 7) is 2.25. The van der Waals surface area contributed by atoms with Crippen molar-refractivity contribution in [3.05, 3.63) is 40.8 Å². The fraction of sp³-hybridized carbons (Fsp3) is 0.630. The molecule has 0 saturated heterocycles. The molecule has 0 bridgehead atoms. The summed E-state index contributed by atoms with van der Waals surface area (Å²) in [4.78, 5) is 23.9. The summed E-state index contributed by atoms with van der Waals surface area (Å²) in [7, 11) is -4.51. The minimum absolute atomic E-state index is 0.197. The van der Waals surface area contributed by atoms with Gasteiger partial charge >= 0.3 is 0 Å². The van der Waals surface area contributed by atoms with E-state index in [1.54, 1.807) is 0 Å². The number of carbonyl (C=O) groups excluding carboxylic acids is 1. The number of unbranched alkanes of at least 4 members (excludes halogenated alkanes) is 14. The second kappa shape index (κ2) is 16.4. The summed E-state index contributed by atoms with van der Waals surface area (Å²) in [5.41, 5.74) is 0.00699. The van der Waals surface area contributed by atoms with Crippen LogP contribution in [0.4, 0.5) is 5.69 Å². The van der Waals surface area contributed by atoms with Gasteiger partial charge in [0.25, 0.3) is 15.7 Å². The average Bonchev–Trinajstić information content (AvgIpc) is 3.26. The number of H-pyrrole nitrogens is 1. The molecule has 9 heteroatoms. The quantitative estimate of drug-likeness (QED) is 0.142. The van der Waals surface area contributed by atoms with E-state index >= 15 is 0 Å². The van der Waals surface area contributed by atoms with Crippen LogP contribution in [0.5, 0.6) is 0 Å². The van der Waals surface area contributed by atoms with Crippen LogP contribution in [0.3, 0.4) is 0 Å². The van der Waals surface area contributed by atoms with Gasteiger partial charge in [-0.2, -0.15) is 8.42 Å². The van der Waals surface area contributed by atoms with Crippen LogP contribution >= 0.6 is 0 Å². The van der Waals surface area contributed by atoms with Crippen molar-refractivity contribution in [3.8, 4) is 5.69 Å². The van der Waals surface area contributed by atoms with Crippen molar-refractivity contribution in [2.45, 2.75) is 115 Å². The van der Waals surface area contributed by atoms with Gasteiger partial charge in [0, 0.05) is 24.4 Å². The molecule has 0 aliphatic carbocycles. The number of aromatic nitrogens is 2. The van der Waals surface area contributed by atoms with Crippen LogP contribution in [-0.4, -0.2) is 28.7 Å². The predicted octanol–water partition coefficient (Wildman–Crippen LogP) is 6.61. The third-order valence-electron chi connectivity index (χ3n) is 6.39. The Labute approximate surface area is 215 Å². The Morgan fingerprint density at radius 2 is 1.39 bits per heavy atom. The van der Waals surface area contributed by atoms with E-state index in [-0.39, 0.29) is 17.3 Å². The molecule has 2 aromatic rings. The van der Waals surface area contributed by atoms with Gasteiger partial charge in [0.15, 0.2) is 0 Å². The molecule has 2 rings (SSSR count). The Morgan fingerprint density at radius 3 is 1.86 bits per heavy atom. The van der Waals surface area contributed by atoms with Crippen molar-refractivity contribution in [2.75, 3.05) is 5.32 Å². The van der Waals surface area contributed by atoms with Gasteiger partial charge in [0.1, 0.15) is 0 Å². The van der Waals surface area contributed by atoms with E-state index < -0.39 is 20.6 Å². The fourth-order valence-corrected chi connectivity index (χ4v) is 4.88. The van der Waals surface area contributed by atoms with Crippen LogP contribution in [0.1, 0.15) is 110 Å². The van der Waals surface area contributed by atoms with Crippen molar-refractivity contribution in [2.24, 2.45) is 0 Å². The van der Waals surface area contributed by atoms with Gasteiger partial charge in [-0.05, 0) is 24.6 Å². The van der Waals surface area contributed by atoms with Gasteiger partial charge in [0.2, 0.25) is 5.91 Å². The maximum absolute atomic E-state index is 12.4. The molecule has 1 aromatic carbocycles. The van der Waals surface area contributed by atoms with Crippen LogP contribution < -0.4 is 10.9 Å². The number of rotatable bonds is 19. The lowest BCUT2D eigenvalue weighted by Gasteiger charge is -2.10. The first-order chi connectivity index (χ1) is 17.3. The van der Waals surface area contributed by atoms with E-state index in [1.807, 2.05) is 0 Å². The molecule has 0 atom stereocenters. The summed E-state index contributed by atoms with van der Waals surface area (Å²) < 4.78 is 33.9. The smallest absolute Gasteiger partial charge is 0.294 e. The molecule has 202 valence electrons. The second-order valence-electron chi connectivity index (χ2n) is 9.57. The van der Waals surface area contributed by atoms with E-state index in [9.17, 15) is 22.6 Å². The van der Waals surface area contributed by atoms with Crippen molar-refractivity contribution in [1.29, 1.82) is 0 Å². The third-order valence-corrected chi connectivity index (χ3v) is 7.22. The molecule has 3 N–H and O–H groups in total. The number of hydrogen-bond acceptors (Lipinski definition) is 4. The summed E-state index contributed by atoms with van der Waals surface area (Å²) in [6, 6.07) is 5.11. The van der Waals surface area contributed by atoms with Crippen LogP contribution in [0.15, 0.2) is 40.2 Å². The number of aromatic amines is 1. The predicted molar refractivity (Wildman–Crippen MR) is 144 cm³/mol. The van der Waals surface area contributed by atoms with Crippen molar-refractivity contribution in [3.63, 3.8) is 0 Å². The summed E-state index contributed by atoms with van der Waals surface area (Å²) in [5.74, 6) is -0.234. The Morgan fingerprint density at radius 1 is 0.861 bits per heavy atom. The zero-order valence-electron chi connectivity index (χ0n) is 21.6. The first-order valence-electron chi connectivity index (χ1n) is 13.5. The van der Waals surface area contributed by atoms with Gasteiger partial charge in [0.05, 0.1) is 10.6 Å². The molecule has 0 unspecified atom stereocenters. The van der Waals surface area contributed by atoms with E-state index in [0.29, 0.717) is 6.42 Å². The second-order valence-corrected chi connectivity index (χ2v) is 11.0. The number of anilines is 1. The van der Waals surface area contributed by atoms with E-state index in [2.05, 4.69) is 17.3 Å². The number of amides is 1. The SMILES string of the molecule is CCCCCCCCCCCCCCCCCC(=O)Nc1cc(-n2[nH]ccc2=O)cc(S(=O)(=O)O)c1. The van der Waals surface area contributed by atoms with Crippen LogP contribution in [0, 0.1) is 0 Å². The first kappa shape index (κ1) is 29.8. The van der Waals surface area contributed by atoms with Gasteiger partial charge in [-0.3, -0.25) is 19.2 Å². The molecule has 0 aliphatic rings. The monoisotopic (exact) mass is 521 g/mol. The largest absolute Gasteiger partial charge is 0.326 e. The lowest BCUT2D eigenvalue weighted by Crippen LogP contribution is -2.16. The number of nitrogens with one attached hydrogen (secondary N) is 2. The molecule has 1 amide bonds. The van der Waals surface area contributed by atoms with Gasteiger partial charge in [-0.1, -0.05) is 96.8 Å². The normalized spacial score (nSPS) is 11.6. The van der Waals surface area contributed by atoms with Gasteiger partial charge in [-0.25, -0.2) is 4.68 Å². The first-order valence-corrected chi connectivity index (χ1v) is 14.9. The number of carbonyl (C=O) groups is 1. The van der Waals surface area contributed by atoms with Crippen LogP contribution in [0.2, 0.25) is 0 Å². The molecule has 1 heterocycles. The van der Waals surface area contributed by atoms with Gasteiger partial charge in [-0.15, -0.1) is 0 Å². The molecule has 36 heavy (non-hydrogen) atoms. The zero-order chi connectivity index (χ0) is 26.2. The molecule has 0 radical (unpaired) electrons. The molecular formula is C27H43N3O5S. The minimum Gasteiger partial charge on any atom is -0.326 e. The molecule has 0 fully saturated rings. The lowest BCUT2D eigenvalue weighted by atomic mass is 10.0. The van der Waals surface area contributed by atoms with E-state index in [4.69, 9.17) is 0 Å². The number of benzene rings is 1. The molecule has 0 saturated carbocycles. The van der Waals surface area contributed by atoms with Crippen LogP contribution in [-0.2, 0) is 14.9 Å². The number of nitrogens with zero attached hydrogens (tertiary/aromatic N) is 1. The zero-order valence-corrected chi connectivity index (χ0v) is 22.5. The Balaban J connectivity index is 1.62. The summed E-state index contributed by atoms with van der Waals surface area (Å²) in [5, 5.41) is 5.36. The average molecular weight is 522 g/mol. The van der Waals surface area contributed by atoms with Crippen LogP contribution in [0.25, 0.3) is 5.69 Å². The third kappa shape index (κ3) is 11.6. The Bertz CT molecular complexity index is 1080. The van der Waals surface area contributed by atoms with E-state index in [0.717, 1.165) is 30.0 Å². The highest BCUT2D eigenvalue weighted by molar-refractivity contribution is 7.85. The maximum Gasteiger partial charge on any atom is 0.294 e. The molecule has 1 aromatic heterocycles. The fourth-order valence-electron chi connectivity index (χ4n) is 4.34. The molecule has 0 spiro atoms. The van der Waals surface area contributed by atoms with Crippen molar-refractivity contribution < 1.29 is 17.8 Å². The molecule has 0 aliphatic heterocycles. The highest BCUT2D eigenvalue weighted by Crippen LogP contribution is 2.21. The van der Waals surface area contributed by atoms with Crippen molar-refractivity contribution >= 4 is 21.7 Å². The molecular weight excluding hydrogens is 478 g/mol. The Hall–Kier alpha value is -2.39. The van der Waals surface area contributed by atoms with E-state index in [1.165, 1.54) is 101 Å². The Kier molecular flexibility index (Phi) is 13.6. The summed E-state index contributed by atoms with van der Waals surface area (Å²) >= 11 is 0. The standard InChI is InChI=1S/C27H43N3O5S/c1-2-3-4-5-6-7-8-9-10-11-12-13-14-15-16-17-26(31)29-23-20-24(30-27(32)18-19-28-30)22-25(21-23)36(33,34)35/h18-22,28H,2-17H2,1H3,(H,29,31)(H,33,34,35). The summed E-state index contributed by atoms with van der Waals surface area (Å²) in [6.07, 6.45) is 20.5. The topological polar surface area (TPSA) is 121 Å². The minimum atomic E-state index is -4.51. The maximum atomic E-state index is 12.4. The molecule has 8 nitrogen and oxygen atoms in total. The number of hydrogen-bond donors (Lipinski definition) is 3. The van der Waals surface area contributed by atoms with Gasteiger partial charge < -0.3 is 5.32 Å². The highest BCUT2D eigenvalue weighted by Gasteiger charge is 2.15. The highest BCUT2D eigenvalue weighted by atomic mass is 32.2. The lowest BCUT2D eigenvalue weighted by molar-refractivity contribution is -0.116.